The Kier molecular flexibility index (Phi) is 7.76. The number of hydrogen-bond donors (Lipinski definition) is 2. The van der Waals surface area contributed by atoms with E-state index < -0.39 is 5.54 Å². The van der Waals surface area contributed by atoms with Gasteiger partial charge in [-0.3, -0.25) is 14.5 Å². The van der Waals surface area contributed by atoms with Crippen LogP contribution in [0.1, 0.15) is 26.7 Å². The van der Waals surface area contributed by atoms with E-state index >= 15 is 0 Å². The molecule has 0 spiro atoms. The molecule has 1 aromatic rings. The lowest BCUT2D eigenvalue weighted by Gasteiger charge is -2.28. The van der Waals surface area contributed by atoms with Crippen LogP contribution in [0, 0.1) is 12.3 Å². The van der Waals surface area contributed by atoms with Gasteiger partial charge in [-0.2, -0.15) is 0 Å². The second-order valence-corrected chi connectivity index (χ2v) is 6.09. The molecule has 0 radical (unpaired) electrons. The Balaban J connectivity index is 2.52. The molecule has 0 unspecified atom stereocenters. The summed E-state index contributed by atoms with van der Waals surface area (Å²) in [6.07, 6.45) is 6.84. The molecule has 2 amide bonds. The van der Waals surface area contributed by atoms with Crippen molar-refractivity contribution in [2.45, 2.75) is 32.2 Å². The quantitative estimate of drug-likeness (QED) is 0.709. The largest absolute Gasteiger partial charge is 0.339 e. The molecule has 0 heterocycles. The predicted octanol–water partition coefficient (Wildman–Crippen LogP) is 2.52. The molecule has 0 aliphatic heterocycles. The standard InChI is InChI=1S/C18H24ClN3O2/c1-5-18(6-2,7-3)21-17(24)13-22(4)12-16(23)20-15-11-9-8-10-14(15)19/h1,8-11H,6-7,12-13H2,2-4H3,(H,20,23)(H,21,24). The highest BCUT2D eigenvalue weighted by atomic mass is 35.5. The minimum absolute atomic E-state index is 0.0694. The van der Waals surface area contributed by atoms with Crippen LogP contribution >= 0.6 is 11.6 Å². The molecule has 130 valence electrons. The monoisotopic (exact) mass is 349 g/mol. The van der Waals surface area contributed by atoms with Crippen molar-refractivity contribution >= 4 is 29.1 Å². The molecule has 0 fully saturated rings. The van der Waals surface area contributed by atoms with Crippen molar-refractivity contribution in [1.82, 2.24) is 10.2 Å². The lowest BCUT2D eigenvalue weighted by Crippen LogP contribution is -2.50. The number of nitrogens with one attached hydrogen (secondary N) is 2. The van der Waals surface area contributed by atoms with Gasteiger partial charge in [-0.1, -0.05) is 43.5 Å². The molecule has 1 aromatic carbocycles. The van der Waals surface area contributed by atoms with Crippen molar-refractivity contribution in [3.63, 3.8) is 0 Å². The second-order valence-electron chi connectivity index (χ2n) is 5.68. The third-order valence-electron chi connectivity index (χ3n) is 3.84. The minimum Gasteiger partial charge on any atom is -0.339 e. The van der Waals surface area contributed by atoms with E-state index in [9.17, 15) is 9.59 Å². The number of halogens is 1. The molecule has 1 rings (SSSR count). The highest BCUT2D eigenvalue weighted by molar-refractivity contribution is 6.33. The van der Waals surface area contributed by atoms with E-state index in [0.717, 1.165) is 0 Å². The Morgan fingerprint density at radius 1 is 1.21 bits per heavy atom. The van der Waals surface area contributed by atoms with Crippen LogP contribution in [0.5, 0.6) is 0 Å². The third kappa shape index (κ3) is 5.88. The summed E-state index contributed by atoms with van der Waals surface area (Å²) < 4.78 is 0. The maximum absolute atomic E-state index is 12.1. The van der Waals surface area contributed by atoms with Gasteiger partial charge in [0.05, 0.1) is 23.8 Å². The number of hydrogen-bond acceptors (Lipinski definition) is 3. The van der Waals surface area contributed by atoms with Gasteiger partial charge in [-0.25, -0.2) is 0 Å². The lowest BCUT2D eigenvalue weighted by atomic mass is 9.94. The molecule has 24 heavy (non-hydrogen) atoms. The first kappa shape index (κ1) is 20.0. The summed E-state index contributed by atoms with van der Waals surface area (Å²) in [6.45, 7) is 4.02. The predicted molar refractivity (Wildman–Crippen MR) is 97.9 cm³/mol. The molecule has 6 heteroatoms. The van der Waals surface area contributed by atoms with E-state index in [1.165, 1.54) is 0 Å². The van der Waals surface area contributed by atoms with E-state index in [1.54, 1.807) is 36.2 Å². The first-order chi connectivity index (χ1) is 11.4. The number of benzene rings is 1. The molecule has 0 atom stereocenters. The Morgan fingerprint density at radius 2 is 1.79 bits per heavy atom. The van der Waals surface area contributed by atoms with E-state index in [4.69, 9.17) is 18.0 Å². The van der Waals surface area contributed by atoms with Gasteiger partial charge in [-0.15, -0.1) is 6.42 Å². The number of carbonyl (C=O) groups excluding carboxylic acids is 2. The highest BCUT2D eigenvalue weighted by Gasteiger charge is 2.25. The van der Waals surface area contributed by atoms with Crippen LogP contribution in [-0.2, 0) is 9.59 Å². The number of nitrogens with zero attached hydrogens (tertiary/aromatic N) is 1. The smallest absolute Gasteiger partial charge is 0.238 e. The molecule has 2 N–H and O–H groups in total. The van der Waals surface area contributed by atoms with Crippen molar-refractivity contribution in [2.75, 3.05) is 25.5 Å². The molecule has 5 nitrogen and oxygen atoms in total. The fourth-order valence-electron chi connectivity index (χ4n) is 2.27. The van der Waals surface area contributed by atoms with E-state index in [2.05, 4.69) is 16.6 Å². The van der Waals surface area contributed by atoms with Gasteiger partial charge in [0.1, 0.15) is 5.54 Å². The molecular weight excluding hydrogens is 326 g/mol. The summed E-state index contributed by atoms with van der Waals surface area (Å²) in [7, 11) is 1.70. The van der Waals surface area contributed by atoms with Gasteiger partial charge in [0.15, 0.2) is 0 Å². The minimum atomic E-state index is -0.627. The Labute approximate surface area is 148 Å². The molecule has 0 aliphatic carbocycles. The number of para-hydroxylation sites is 1. The summed E-state index contributed by atoms with van der Waals surface area (Å²) in [6, 6.07) is 6.99. The third-order valence-corrected chi connectivity index (χ3v) is 4.17. The fraction of sp³-hybridized carbons (Fsp3) is 0.444. The van der Waals surface area contributed by atoms with Crippen molar-refractivity contribution < 1.29 is 9.59 Å². The summed E-state index contributed by atoms with van der Waals surface area (Å²) >= 11 is 6.00. The number of amides is 2. The molecule has 0 bridgehead atoms. The van der Waals surface area contributed by atoms with Crippen molar-refractivity contribution in [2.24, 2.45) is 0 Å². The number of rotatable bonds is 8. The summed E-state index contributed by atoms with van der Waals surface area (Å²) in [4.78, 5) is 25.8. The molecule has 0 aromatic heterocycles. The Hall–Kier alpha value is -2.03. The van der Waals surface area contributed by atoms with E-state index in [0.29, 0.717) is 23.6 Å². The summed E-state index contributed by atoms with van der Waals surface area (Å²) in [5, 5.41) is 6.06. The van der Waals surface area contributed by atoms with Gasteiger partial charge in [-0.05, 0) is 32.0 Å². The van der Waals surface area contributed by atoms with Crippen molar-refractivity contribution in [3.05, 3.63) is 29.3 Å². The lowest BCUT2D eigenvalue weighted by molar-refractivity contribution is -0.124. The molecule has 0 saturated heterocycles. The first-order valence-corrected chi connectivity index (χ1v) is 8.25. The van der Waals surface area contributed by atoms with Gasteiger partial charge < -0.3 is 10.6 Å². The van der Waals surface area contributed by atoms with Crippen molar-refractivity contribution in [3.8, 4) is 12.3 Å². The van der Waals surface area contributed by atoms with Gasteiger partial charge in [0.25, 0.3) is 0 Å². The zero-order chi connectivity index (χ0) is 18.2. The zero-order valence-corrected chi connectivity index (χ0v) is 15.1. The topological polar surface area (TPSA) is 61.4 Å². The SMILES string of the molecule is C#CC(CC)(CC)NC(=O)CN(C)CC(=O)Nc1ccccc1Cl. The highest BCUT2D eigenvalue weighted by Crippen LogP contribution is 2.20. The van der Waals surface area contributed by atoms with Crippen LogP contribution in [0.4, 0.5) is 5.69 Å². The average Bonchev–Trinajstić information content (AvgIpc) is 2.54. The maximum atomic E-state index is 12.1. The van der Waals surface area contributed by atoms with Crippen LogP contribution in [0.3, 0.4) is 0 Å². The summed E-state index contributed by atoms with van der Waals surface area (Å²) in [5.41, 5.74) is -0.0806. The summed E-state index contributed by atoms with van der Waals surface area (Å²) in [5.74, 6) is 2.21. The van der Waals surface area contributed by atoms with Crippen LogP contribution in [-0.4, -0.2) is 42.4 Å². The number of anilines is 1. The second kappa shape index (κ2) is 9.31. The van der Waals surface area contributed by atoms with Gasteiger partial charge >= 0.3 is 0 Å². The van der Waals surface area contributed by atoms with Crippen LogP contribution in [0.15, 0.2) is 24.3 Å². The average molecular weight is 350 g/mol. The first-order valence-electron chi connectivity index (χ1n) is 7.87. The fourth-order valence-corrected chi connectivity index (χ4v) is 2.45. The van der Waals surface area contributed by atoms with E-state index in [-0.39, 0.29) is 24.9 Å². The number of carbonyl (C=O) groups is 2. The normalized spacial score (nSPS) is 11.0. The molecular formula is C18H24ClN3O2. The van der Waals surface area contributed by atoms with Crippen LogP contribution < -0.4 is 10.6 Å². The van der Waals surface area contributed by atoms with Crippen LogP contribution in [0.2, 0.25) is 5.02 Å². The molecule has 0 aliphatic rings. The van der Waals surface area contributed by atoms with Crippen LogP contribution in [0.25, 0.3) is 0 Å². The number of terminal acetylenes is 1. The number of likely N-dealkylation sites (N-methyl/N-ethyl adjacent to an activating group) is 1. The zero-order valence-electron chi connectivity index (χ0n) is 14.4. The van der Waals surface area contributed by atoms with Gasteiger partial charge in [0.2, 0.25) is 11.8 Å². The van der Waals surface area contributed by atoms with E-state index in [1.807, 2.05) is 13.8 Å². The molecule has 0 saturated carbocycles. The van der Waals surface area contributed by atoms with Gasteiger partial charge in [0, 0.05) is 0 Å². The Morgan fingerprint density at radius 3 is 2.33 bits per heavy atom. The maximum Gasteiger partial charge on any atom is 0.238 e. The van der Waals surface area contributed by atoms with Crippen molar-refractivity contribution in [1.29, 1.82) is 0 Å². The Bertz CT molecular complexity index is 621.